The van der Waals surface area contributed by atoms with Crippen LogP contribution in [0.5, 0.6) is 0 Å². The number of benzene rings is 1. The molecule has 18 heavy (non-hydrogen) atoms. The first-order valence-corrected chi connectivity index (χ1v) is 6.60. The van der Waals surface area contributed by atoms with Gasteiger partial charge in [0, 0.05) is 6.04 Å². The van der Waals surface area contributed by atoms with Gasteiger partial charge in [0.15, 0.2) is 0 Å². The number of rotatable bonds is 3. The monoisotopic (exact) mass is 247 g/mol. The summed E-state index contributed by atoms with van der Waals surface area (Å²) in [6.45, 7) is 3.04. The third-order valence-corrected chi connectivity index (χ3v) is 3.64. The fraction of sp³-hybridized carbons (Fsp3) is 0.533. The van der Waals surface area contributed by atoms with Gasteiger partial charge in [-0.05, 0) is 31.9 Å². The summed E-state index contributed by atoms with van der Waals surface area (Å²) < 4.78 is 4.97. The Morgan fingerprint density at radius 3 is 2.61 bits per heavy atom. The van der Waals surface area contributed by atoms with E-state index in [1.807, 2.05) is 24.3 Å². The molecule has 0 bridgehead atoms. The second kappa shape index (κ2) is 6.01. The predicted molar refractivity (Wildman–Crippen MR) is 71.6 cm³/mol. The number of piperidine rings is 1. The van der Waals surface area contributed by atoms with Gasteiger partial charge in [0.05, 0.1) is 13.0 Å². The SMILES string of the molecule is COC(=O)[C@H](c1ccc(C)cc1)[C@@H]1CCCCN1. The zero-order valence-corrected chi connectivity index (χ0v) is 11.1. The minimum absolute atomic E-state index is 0.141. The number of hydrogen-bond donors (Lipinski definition) is 1. The van der Waals surface area contributed by atoms with E-state index in [9.17, 15) is 4.79 Å². The third kappa shape index (κ3) is 2.91. The number of carbonyl (C=O) groups excluding carboxylic acids is 1. The third-order valence-electron chi connectivity index (χ3n) is 3.64. The molecule has 1 saturated heterocycles. The number of hydrogen-bond acceptors (Lipinski definition) is 3. The maximum absolute atomic E-state index is 12.0. The number of carbonyl (C=O) groups is 1. The summed E-state index contributed by atoms with van der Waals surface area (Å²) in [7, 11) is 1.46. The van der Waals surface area contributed by atoms with Gasteiger partial charge in [-0.2, -0.15) is 0 Å². The van der Waals surface area contributed by atoms with Crippen LogP contribution in [0.3, 0.4) is 0 Å². The summed E-state index contributed by atoms with van der Waals surface area (Å²) in [5, 5.41) is 3.45. The summed E-state index contributed by atoms with van der Waals surface area (Å²) >= 11 is 0. The average Bonchev–Trinajstić information content (AvgIpc) is 2.42. The number of esters is 1. The van der Waals surface area contributed by atoms with Crippen molar-refractivity contribution in [1.29, 1.82) is 0 Å². The molecule has 1 aliphatic heterocycles. The smallest absolute Gasteiger partial charge is 0.314 e. The van der Waals surface area contributed by atoms with Gasteiger partial charge in [-0.3, -0.25) is 4.79 Å². The van der Waals surface area contributed by atoms with Gasteiger partial charge in [-0.1, -0.05) is 36.2 Å². The Morgan fingerprint density at radius 1 is 1.33 bits per heavy atom. The lowest BCUT2D eigenvalue weighted by molar-refractivity contribution is -0.143. The number of aryl methyl sites for hydroxylation is 1. The first-order chi connectivity index (χ1) is 8.72. The van der Waals surface area contributed by atoms with Crippen LogP contribution in [-0.4, -0.2) is 25.7 Å². The molecule has 2 atom stereocenters. The van der Waals surface area contributed by atoms with Crippen LogP contribution in [0.15, 0.2) is 24.3 Å². The number of methoxy groups -OCH3 is 1. The van der Waals surface area contributed by atoms with E-state index >= 15 is 0 Å². The normalized spacial score (nSPS) is 21.3. The van der Waals surface area contributed by atoms with Crippen molar-refractivity contribution in [2.24, 2.45) is 0 Å². The van der Waals surface area contributed by atoms with Gasteiger partial charge in [0.1, 0.15) is 0 Å². The fourth-order valence-electron chi connectivity index (χ4n) is 2.60. The average molecular weight is 247 g/mol. The van der Waals surface area contributed by atoms with Crippen molar-refractivity contribution < 1.29 is 9.53 Å². The highest BCUT2D eigenvalue weighted by Crippen LogP contribution is 2.26. The van der Waals surface area contributed by atoms with E-state index in [2.05, 4.69) is 12.2 Å². The Bertz CT molecular complexity index is 393. The van der Waals surface area contributed by atoms with Crippen molar-refractivity contribution in [3.8, 4) is 0 Å². The fourth-order valence-corrected chi connectivity index (χ4v) is 2.60. The molecule has 0 aliphatic carbocycles. The molecule has 1 aromatic carbocycles. The van der Waals surface area contributed by atoms with Crippen molar-refractivity contribution in [3.05, 3.63) is 35.4 Å². The van der Waals surface area contributed by atoms with Crippen molar-refractivity contribution in [2.45, 2.75) is 38.1 Å². The molecule has 0 unspecified atom stereocenters. The van der Waals surface area contributed by atoms with Crippen LogP contribution in [0, 0.1) is 6.92 Å². The van der Waals surface area contributed by atoms with Crippen molar-refractivity contribution >= 4 is 5.97 Å². The topological polar surface area (TPSA) is 38.3 Å². The summed E-state index contributed by atoms with van der Waals surface area (Å²) in [6, 6.07) is 8.37. The molecule has 1 aromatic rings. The maximum Gasteiger partial charge on any atom is 0.314 e. The first-order valence-electron chi connectivity index (χ1n) is 6.60. The van der Waals surface area contributed by atoms with Gasteiger partial charge in [-0.15, -0.1) is 0 Å². The second-order valence-corrected chi connectivity index (χ2v) is 4.97. The van der Waals surface area contributed by atoms with E-state index in [0.717, 1.165) is 18.5 Å². The van der Waals surface area contributed by atoms with E-state index in [1.54, 1.807) is 0 Å². The predicted octanol–water partition coefficient (Wildman–Crippen LogP) is 2.39. The van der Waals surface area contributed by atoms with Gasteiger partial charge in [-0.25, -0.2) is 0 Å². The molecule has 0 aromatic heterocycles. The molecule has 0 saturated carbocycles. The van der Waals surface area contributed by atoms with E-state index in [4.69, 9.17) is 4.74 Å². The highest BCUT2D eigenvalue weighted by atomic mass is 16.5. The van der Waals surface area contributed by atoms with Crippen LogP contribution in [0.1, 0.15) is 36.3 Å². The van der Waals surface area contributed by atoms with Crippen LogP contribution in [0.2, 0.25) is 0 Å². The van der Waals surface area contributed by atoms with Crippen LogP contribution < -0.4 is 5.32 Å². The Balaban J connectivity index is 2.23. The zero-order valence-electron chi connectivity index (χ0n) is 11.1. The van der Waals surface area contributed by atoms with Crippen molar-refractivity contribution in [1.82, 2.24) is 5.32 Å². The van der Waals surface area contributed by atoms with E-state index in [-0.39, 0.29) is 17.9 Å². The molecule has 1 fully saturated rings. The summed E-state index contributed by atoms with van der Waals surface area (Å²) in [6.07, 6.45) is 3.41. The highest BCUT2D eigenvalue weighted by molar-refractivity contribution is 5.79. The lowest BCUT2D eigenvalue weighted by atomic mass is 9.86. The molecule has 1 N–H and O–H groups in total. The Hall–Kier alpha value is -1.35. The quantitative estimate of drug-likeness (QED) is 0.833. The highest BCUT2D eigenvalue weighted by Gasteiger charge is 2.31. The minimum Gasteiger partial charge on any atom is -0.469 e. The molecular weight excluding hydrogens is 226 g/mol. The van der Waals surface area contributed by atoms with Crippen LogP contribution in [-0.2, 0) is 9.53 Å². The van der Waals surface area contributed by atoms with E-state index in [0.29, 0.717) is 0 Å². The van der Waals surface area contributed by atoms with E-state index < -0.39 is 0 Å². The molecule has 0 amide bonds. The second-order valence-electron chi connectivity index (χ2n) is 4.97. The molecule has 0 spiro atoms. The number of nitrogens with one attached hydrogen (secondary N) is 1. The molecule has 0 radical (unpaired) electrons. The zero-order chi connectivity index (χ0) is 13.0. The molecule has 3 heteroatoms. The Labute approximate surface area is 109 Å². The first kappa shape index (κ1) is 13.1. The molecule has 1 heterocycles. The largest absolute Gasteiger partial charge is 0.469 e. The van der Waals surface area contributed by atoms with Crippen molar-refractivity contribution in [2.75, 3.05) is 13.7 Å². The van der Waals surface area contributed by atoms with Crippen molar-refractivity contribution in [3.63, 3.8) is 0 Å². The molecule has 1 aliphatic rings. The van der Waals surface area contributed by atoms with Crippen LogP contribution in [0.25, 0.3) is 0 Å². The minimum atomic E-state index is -0.184. The summed E-state index contributed by atoms with van der Waals surface area (Å²) in [5.41, 5.74) is 2.26. The van der Waals surface area contributed by atoms with E-state index in [1.165, 1.54) is 25.5 Å². The number of ether oxygens (including phenoxy) is 1. The molecular formula is C15H21NO2. The maximum atomic E-state index is 12.0. The van der Waals surface area contributed by atoms with Gasteiger partial charge < -0.3 is 10.1 Å². The molecule has 98 valence electrons. The Morgan fingerprint density at radius 2 is 2.06 bits per heavy atom. The van der Waals surface area contributed by atoms with Crippen LogP contribution in [0.4, 0.5) is 0 Å². The van der Waals surface area contributed by atoms with Gasteiger partial charge >= 0.3 is 5.97 Å². The Kier molecular flexibility index (Phi) is 4.37. The van der Waals surface area contributed by atoms with Gasteiger partial charge in [0.25, 0.3) is 0 Å². The lowest BCUT2D eigenvalue weighted by Crippen LogP contribution is -2.42. The summed E-state index contributed by atoms with van der Waals surface area (Å²) in [4.78, 5) is 12.0. The lowest BCUT2D eigenvalue weighted by Gasteiger charge is -2.30. The van der Waals surface area contributed by atoms with Gasteiger partial charge in [0.2, 0.25) is 0 Å². The molecule has 3 nitrogen and oxygen atoms in total. The summed E-state index contributed by atoms with van der Waals surface area (Å²) in [5.74, 6) is -0.325. The standard InChI is InChI=1S/C15H21NO2/c1-11-6-8-12(9-7-11)14(15(17)18-2)13-5-3-4-10-16-13/h6-9,13-14,16H,3-5,10H2,1-2H3/t13-,14+/m0/s1. The van der Waals surface area contributed by atoms with Crippen LogP contribution >= 0.6 is 0 Å². The molecule has 2 rings (SSSR count).